The number of ketones is 1. The van der Waals surface area contributed by atoms with Crippen LogP contribution in [0.4, 0.5) is 0 Å². The largest absolute Gasteiger partial charge is 0.470 e. The van der Waals surface area contributed by atoms with Gasteiger partial charge in [0, 0.05) is 43.2 Å². The maximum Gasteiger partial charge on any atom is 0.255 e. The molecule has 0 unspecified atom stereocenters. The molecule has 0 saturated carbocycles. The number of nitrogens with zero attached hydrogens (tertiary/aromatic N) is 6. The molecule has 0 radical (unpaired) electrons. The van der Waals surface area contributed by atoms with Gasteiger partial charge in [-0.1, -0.05) is 18.2 Å². The zero-order chi connectivity index (χ0) is 26.6. The lowest BCUT2D eigenvalue weighted by Gasteiger charge is -2.29. The highest BCUT2D eigenvalue weighted by atomic mass is 16.5. The van der Waals surface area contributed by atoms with Crippen LogP contribution in [0.3, 0.4) is 0 Å². The van der Waals surface area contributed by atoms with Crippen molar-refractivity contribution in [2.75, 3.05) is 26.8 Å². The van der Waals surface area contributed by atoms with Crippen molar-refractivity contribution in [2.24, 2.45) is 5.73 Å². The smallest absolute Gasteiger partial charge is 0.255 e. The molecule has 3 aromatic heterocycles. The molecule has 4 aromatic rings. The van der Waals surface area contributed by atoms with E-state index in [0.29, 0.717) is 48.7 Å². The van der Waals surface area contributed by atoms with E-state index in [1.54, 1.807) is 17.0 Å². The number of benzene rings is 1. The van der Waals surface area contributed by atoms with E-state index in [-0.39, 0.29) is 42.5 Å². The van der Waals surface area contributed by atoms with Crippen molar-refractivity contribution in [2.45, 2.75) is 25.6 Å². The third kappa shape index (κ3) is 5.17. The number of methoxy groups -OCH3 is 1. The van der Waals surface area contributed by atoms with Crippen LogP contribution in [-0.4, -0.2) is 79.4 Å². The topological polar surface area (TPSA) is 158 Å². The maximum atomic E-state index is 12.7. The first-order valence-electron chi connectivity index (χ1n) is 12.1. The minimum atomic E-state index is -0.347. The number of nitrogens with two attached hydrogens (primary N) is 1. The van der Waals surface area contributed by atoms with Crippen LogP contribution >= 0.6 is 0 Å². The number of likely N-dealkylation sites (tertiary alicyclic amines) is 1. The van der Waals surface area contributed by atoms with E-state index in [0.717, 1.165) is 10.8 Å². The fourth-order valence-electron chi connectivity index (χ4n) is 4.29. The third-order valence-corrected chi connectivity index (χ3v) is 6.27. The molecular formula is C26H27N7O5. The third-order valence-electron chi connectivity index (χ3n) is 6.27. The Hall–Kier alpha value is -4.42. The van der Waals surface area contributed by atoms with Gasteiger partial charge >= 0.3 is 0 Å². The molecule has 1 saturated heterocycles. The van der Waals surface area contributed by atoms with Crippen LogP contribution in [-0.2, 0) is 16.1 Å². The zero-order valence-corrected chi connectivity index (χ0v) is 20.8. The average molecular weight is 518 g/mol. The highest BCUT2D eigenvalue weighted by Crippen LogP contribution is 2.27. The number of aromatic nitrogens is 5. The number of ether oxygens (including phenoxy) is 2. The SMILES string of the molecule is COCC(=O)C=C(N)c1nnc2c3ccccc3c(OCc3ccc(C(=O)N4CCC(O)CC4)cn3)nn12. The molecule has 1 amide bonds. The second-order valence-electron chi connectivity index (χ2n) is 8.96. The van der Waals surface area contributed by atoms with E-state index < -0.39 is 0 Å². The van der Waals surface area contributed by atoms with Gasteiger partial charge in [0.05, 0.1) is 23.1 Å². The second-order valence-corrected chi connectivity index (χ2v) is 8.96. The Kier molecular flexibility index (Phi) is 7.24. The number of hydrogen-bond acceptors (Lipinski definition) is 10. The standard InChI is InChI=1S/C26H27N7O5/c1-37-15-19(35)12-22(27)24-30-29-23-20-4-2-3-5-21(20)25(31-33(23)24)38-14-17-7-6-16(13-28-17)26(36)32-10-8-18(34)9-11-32/h2-7,12-13,18,34H,8-11,14-15,27H2,1H3. The van der Waals surface area contributed by atoms with Gasteiger partial charge in [0.25, 0.3) is 5.91 Å². The van der Waals surface area contributed by atoms with Crippen molar-refractivity contribution in [1.29, 1.82) is 0 Å². The summed E-state index contributed by atoms with van der Waals surface area (Å²) in [6.45, 7) is 1.04. The van der Waals surface area contributed by atoms with Crippen LogP contribution < -0.4 is 10.5 Å². The lowest BCUT2D eigenvalue weighted by Crippen LogP contribution is -2.40. The lowest BCUT2D eigenvalue weighted by molar-refractivity contribution is -0.117. The maximum absolute atomic E-state index is 12.7. The summed E-state index contributed by atoms with van der Waals surface area (Å²) in [6.07, 6.45) is 3.57. The summed E-state index contributed by atoms with van der Waals surface area (Å²) in [5.41, 5.74) is 7.77. The molecule has 12 nitrogen and oxygen atoms in total. The summed E-state index contributed by atoms with van der Waals surface area (Å²) in [5.74, 6) is 0.0832. The van der Waals surface area contributed by atoms with E-state index in [2.05, 4.69) is 20.3 Å². The van der Waals surface area contributed by atoms with Gasteiger partial charge in [-0.15, -0.1) is 15.3 Å². The Labute approximate surface area is 217 Å². The number of fused-ring (bicyclic) bond motifs is 3. The molecule has 12 heteroatoms. The molecule has 1 fully saturated rings. The number of piperidine rings is 1. The summed E-state index contributed by atoms with van der Waals surface area (Å²) in [4.78, 5) is 30.8. The van der Waals surface area contributed by atoms with E-state index in [4.69, 9.17) is 15.2 Å². The highest BCUT2D eigenvalue weighted by molar-refractivity contribution is 5.98. The molecule has 196 valence electrons. The summed E-state index contributed by atoms with van der Waals surface area (Å²) in [7, 11) is 1.42. The molecule has 0 bridgehead atoms. The molecule has 0 aliphatic carbocycles. The molecule has 1 aliphatic rings. The summed E-state index contributed by atoms with van der Waals surface area (Å²) < 4.78 is 12.3. The normalized spacial score (nSPS) is 14.8. The van der Waals surface area contributed by atoms with Crippen LogP contribution in [0.2, 0.25) is 0 Å². The van der Waals surface area contributed by atoms with Crippen molar-refractivity contribution >= 4 is 33.8 Å². The van der Waals surface area contributed by atoms with Crippen LogP contribution in [0.1, 0.15) is 34.7 Å². The van der Waals surface area contributed by atoms with Gasteiger partial charge in [-0.3, -0.25) is 14.6 Å². The fourth-order valence-corrected chi connectivity index (χ4v) is 4.29. The van der Waals surface area contributed by atoms with Crippen molar-refractivity contribution in [3.05, 3.63) is 65.8 Å². The van der Waals surface area contributed by atoms with Gasteiger partial charge < -0.3 is 25.2 Å². The summed E-state index contributed by atoms with van der Waals surface area (Å²) >= 11 is 0. The number of aliphatic hydroxyl groups excluding tert-OH is 1. The Morgan fingerprint density at radius 2 is 1.89 bits per heavy atom. The first kappa shape index (κ1) is 25.2. The van der Waals surface area contributed by atoms with Gasteiger partial charge in [0.1, 0.15) is 13.2 Å². The van der Waals surface area contributed by atoms with Gasteiger partial charge in [-0.25, -0.2) is 0 Å². The Morgan fingerprint density at radius 3 is 2.61 bits per heavy atom. The van der Waals surface area contributed by atoms with Gasteiger partial charge in [-0.2, -0.15) is 4.52 Å². The van der Waals surface area contributed by atoms with E-state index in [1.807, 2.05) is 24.3 Å². The molecule has 5 rings (SSSR count). The van der Waals surface area contributed by atoms with E-state index >= 15 is 0 Å². The number of carbonyl (C=O) groups is 2. The number of amides is 1. The second kappa shape index (κ2) is 10.9. The molecule has 0 spiro atoms. The van der Waals surface area contributed by atoms with E-state index in [1.165, 1.54) is 23.9 Å². The Morgan fingerprint density at radius 1 is 1.13 bits per heavy atom. The van der Waals surface area contributed by atoms with E-state index in [9.17, 15) is 14.7 Å². The van der Waals surface area contributed by atoms with Crippen molar-refractivity contribution in [3.8, 4) is 5.88 Å². The number of pyridine rings is 1. The minimum Gasteiger partial charge on any atom is -0.470 e. The average Bonchev–Trinajstić information content (AvgIpc) is 3.36. The zero-order valence-electron chi connectivity index (χ0n) is 20.8. The van der Waals surface area contributed by atoms with Crippen LogP contribution in [0.15, 0.2) is 48.7 Å². The van der Waals surface area contributed by atoms with Crippen LogP contribution in [0.5, 0.6) is 5.88 Å². The first-order chi connectivity index (χ1) is 18.4. The van der Waals surface area contributed by atoms with Crippen LogP contribution in [0, 0.1) is 0 Å². The van der Waals surface area contributed by atoms with Crippen molar-refractivity contribution in [1.82, 2.24) is 29.7 Å². The predicted molar refractivity (Wildman–Crippen MR) is 137 cm³/mol. The molecule has 1 aromatic carbocycles. The molecule has 0 atom stereocenters. The molecule has 38 heavy (non-hydrogen) atoms. The summed E-state index contributed by atoms with van der Waals surface area (Å²) in [5, 5.41) is 24.0. The number of aliphatic hydroxyl groups is 1. The number of hydrogen-bond donors (Lipinski definition) is 2. The molecule has 4 heterocycles. The molecular weight excluding hydrogens is 490 g/mol. The van der Waals surface area contributed by atoms with Crippen LogP contribution in [0.25, 0.3) is 22.1 Å². The summed E-state index contributed by atoms with van der Waals surface area (Å²) in [6, 6.07) is 10.9. The lowest BCUT2D eigenvalue weighted by atomic mass is 10.1. The highest BCUT2D eigenvalue weighted by Gasteiger charge is 2.22. The van der Waals surface area contributed by atoms with Gasteiger partial charge in [0.2, 0.25) is 11.7 Å². The predicted octanol–water partition coefficient (Wildman–Crippen LogP) is 1.36. The monoisotopic (exact) mass is 517 g/mol. The quantitative estimate of drug-likeness (QED) is 0.327. The van der Waals surface area contributed by atoms with Crippen molar-refractivity contribution < 1.29 is 24.2 Å². The number of carbonyl (C=O) groups excluding carboxylic acids is 2. The molecule has 1 aliphatic heterocycles. The Balaban J connectivity index is 1.38. The Bertz CT molecular complexity index is 1510. The number of rotatable bonds is 8. The van der Waals surface area contributed by atoms with Crippen molar-refractivity contribution in [3.63, 3.8) is 0 Å². The molecule has 3 N–H and O–H groups in total. The van der Waals surface area contributed by atoms with Gasteiger partial charge in [-0.05, 0) is 31.0 Å². The van der Waals surface area contributed by atoms with Gasteiger partial charge in [0.15, 0.2) is 11.4 Å². The fraction of sp³-hybridized carbons (Fsp3) is 0.308. The minimum absolute atomic E-state index is 0.0958. The first-order valence-corrected chi connectivity index (χ1v) is 12.1.